The zero-order valence-corrected chi connectivity index (χ0v) is 18.0. The normalized spacial score (nSPS) is 11.1. The first-order valence-corrected chi connectivity index (χ1v) is 9.64. The van der Waals surface area contributed by atoms with Crippen LogP contribution in [0.15, 0.2) is 36.4 Å². The van der Waals surface area contributed by atoms with Gasteiger partial charge < -0.3 is 4.74 Å². The molecule has 0 saturated heterocycles. The highest BCUT2D eigenvalue weighted by Crippen LogP contribution is 2.29. The summed E-state index contributed by atoms with van der Waals surface area (Å²) in [5.74, 6) is 0.430. The number of anilines is 1. The number of benzene rings is 2. The smallest absolute Gasteiger partial charge is 0.331 e. The lowest BCUT2D eigenvalue weighted by Crippen LogP contribution is -2.42. The van der Waals surface area contributed by atoms with Gasteiger partial charge in [-0.1, -0.05) is 12.1 Å². The van der Waals surface area contributed by atoms with Gasteiger partial charge in [0.1, 0.15) is 17.2 Å². The van der Waals surface area contributed by atoms with E-state index >= 15 is 0 Å². The molecule has 29 heavy (non-hydrogen) atoms. The lowest BCUT2D eigenvalue weighted by Gasteiger charge is -2.27. The van der Waals surface area contributed by atoms with Gasteiger partial charge in [-0.15, -0.1) is 0 Å². The predicted octanol–water partition coefficient (Wildman–Crippen LogP) is 5.22. The number of ether oxygens (including phenoxy) is 1. The summed E-state index contributed by atoms with van der Waals surface area (Å²) in [7, 11) is 0. The van der Waals surface area contributed by atoms with Crippen molar-refractivity contribution in [1.82, 2.24) is 4.90 Å². The maximum atomic E-state index is 13.2. The highest BCUT2D eigenvalue weighted by atomic mass is 19.1. The highest BCUT2D eigenvalue weighted by molar-refractivity contribution is 5.97. The third kappa shape index (κ3) is 5.79. The van der Waals surface area contributed by atoms with Gasteiger partial charge in [0.2, 0.25) is 6.41 Å². The molecular formula is C23H29FN2O3. The van der Waals surface area contributed by atoms with E-state index in [1.54, 1.807) is 6.92 Å². The van der Waals surface area contributed by atoms with Crippen molar-refractivity contribution in [3.63, 3.8) is 0 Å². The Morgan fingerprint density at radius 3 is 2.10 bits per heavy atom. The summed E-state index contributed by atoms with van der Waals surface area (Å²) in [6, 6.07) is 9.01. The third-order valence-corrected chi connectivity index (χ3v) is 4.34. The van der Waals surface area contributed by atoms with Crippen LogP contribution in [0, 0.1) is 19.7 Å². The molecule has 6 heteroatoms. The van der Waals surface area contributed by atoms with E-state index in [0.29, 0.717) is 18.6 Å². The molecule has 0 aliphatic carbocycles. The average molecular weight is 400 g/mol. The molecule has 0 saturated carbocycles. The Morgan fingerprint density at radius 2 is 1.66 bits per heavy atom. The average Bonchev–Trinajstić information content (AvgIpc) is 2.64. The SMILES string of the molecule is CCN(C(=O)N(C=O)Cc1cc(C)c(OC(C)(C)C)c(C)c1)c1ccc(F)cc1. The molecule has 0 aliphatic rings. The molecule has 0 bridgehead atoms. The van der Waals surface area contributed by atoms with Gasteiger partial charge in [0.05, 0.1) is 6.54 Å². The van der Waals surface area contributed by atoms with E-state index in [1.165, 1.54) is 29.2 Å². The van der Waals surface area contributed by atoms with Crippen molar-refractivity contribution in [2.45, 2.75) is 53.7 Å². The fraction of sp³-hybridized carbons (Fsp3) is 0.391. The Labute approximate surface area is 172 Å². The van der Waals surface area contributed by atoms with Gasteiger partial charge in [-0.3, -0.25) is 14.6 Å². The molecule has 0 atom stereocenters. The molecule has 3 amide bonds. The molecule has 0 aromatic heterocycles. The summed E-state index contributed by atoms with van der Waals surface area (Å²) in [4.78, 5) is 27.1. The van der Waals surface area contributed by atoms with Crippen molar-refractivity contribution >= 4 is 18.1 Å². The Kier molecular flexibility index (Phi) is 7.01. The maximum Gasteiger partial charge on any atom is 0.331 e. The number of hydrogen-bond donors (Lipinski definition) is 0. The van der Waals surface area contributed by atoms with Crippen molar-refractivity contribution < 1.29 is 18.7 Å². The van der Waals surface area contributed by atoms with E-state index < -0.39 is 6.03 Å². The minimum atomic E-state index is -0.459. The summed E-state index contributed by atoms with van der Waals surface area (Å²) in [6.07, 6.45) is 0.527. The van der Waals surface area contributed by atoms with Crippen LogP contribution >= 0.6 is 0 Å². The molecule has 0 aliphatic heterocycles. The molecule has 0 spiro atoms. The zero-order valence-electron chi connectivity index (χ0n) is 18.0. The second-order valence-electron chi connectivity index (χ2n) is 8.01. The largest absolute Gasteiger partial charge is 0.488 e. The zero-order chi connectivity index (χ0) is 21.8. The van der Waals surface area contributed by atoms with Gasteiger partial charge in [-0.2, -0.15) is 0 Å². The number of nitrogens with zero attached hydrogens (tertiary/aromatic N) is 2. The topological polar surface area (TPSA) is 49.9 Å². The van der Waals surface area contributed by atoms with Gasteiger partial charge in [-0.05, 0) is 82.5 Å². The van der Waals surface area contributed by atoms with Gasteiger partial charge >= 0.3 is 6.03 Å². The minimum Gasteiger partial charge on any atom is -0.488 e. The van der Waals surface area contributed by atoms with Gasteiger partial charge in [0, 0.05) is 12.2 Å². The van der Waals surface area contributed by atoms with Gasteiger partial charge in [-0.25, -0.2) is 9.18 Å². The van der Waals surface area contributed by atoms with Crippen LogP contribution in [-0.2, 0) is 11.3 Å². The van der Waals surface area contributed by atoms with Crippen molar-refractivity contribution in [3.05, 3.63) is 58.9 Å². The number of halogens is 1. The summed E-state index contributed by atoms with van der Waals surface area (Å²) in [5.41, 5.74) is 2.93. The van der Waals surface area contributed by atoms with E-state index in [0.717, 1.165) is 27.3 Å². The second-order valence-corrected chi connectivity index (χ2v) is 8.01. The lowest BCUT2D eigenvalue weighted by atomic mass is 10.0. The van der Waals surface area contributed by atoms with Crippen LogP contribution < -0.4 is 9.64 Å². The first-order chi connectivity index (χ1) is 13.6. The summed E-state index contributed by atoms with van der Waals surface area (Å²) in [6.45, 7) is 12.1. The Hall–Kier alpha value is -2.89. The fourth-order valence-corrected chi connectivity index (χ4v) is 3.15. The molecule has 0 fully saturated rings. The summed E-state index contributed by atoms with van der Waals surface area (Å²) < 4.78 is 19.2. The van der Waals surface area contributed by atoms with Crippen molar-refractivity contribution in [2.24, 2.45) is 0 Å². The molecule has 2 aromatic rings. The number of urea groups is 1. The maximum absolute atomic E-state index is 13.2. The van der Waals surface area contributed by atoms with Crippen LogP contribution in [0.5, 0.6) is 5.75 Å². The molecular weight excluding hydrogens is 371 g/mol. The molecule has 0 heterocycles. The van der Waals surface area contributed by atoms with E-state index in [-0.39, 0.29) is 18.0 Å². The van der Waals surface area contributed by atoms with Crippen LogP contribution in [0.3, 0.4) is 0 Å². The number of imide groups is 1. The number of hydrogen-bond acceptors (Lipinski definition) is 3. The summed E-state index contributed by atoms with van der Waals surface area (Å²) in [5, 5.41) is 0. The van der Waals surface area contributed by atoms with Crippen LogP contribution in [0.1, 0.15) is 44.4 Å². The Morgan fingerprint density at radius 1 is 1.10 bits per heavy atom. The Bertz CT molecular complexity index is 850. The van der Waals surface area contributed by atoms with Crippen LogP contribution in [-0.4, -0.2) is 29.5 Å². The van der Waals surface area contributed by atoms with Gasteiger partial charge in [0.25, 0.3) is 0 Å². The summed E-state index contributed by atoms with van der Waals surface area (Å²) >= 11 is 0. The number of carbonyl (C=O) groups is 2. The predicted molar refractivity (Wildman–Crippen MR) is 113 cm³/mol. The molecule has 156 valence electrons. The van der Waals surface area contributed by atoms with E-state index in [2.05, 4.69) is 0 Å². The molecule has 0 N–H and O–H groups in total. The number of aryl methyl sites for hydroxylation is 2. The number of carbonyl (C=O) groups excluding carboxylic acids is 2. The van der Waals surface area contributed by atoms with E-state index in [1.807, 2.05) is 46.8 Å². The minimum absolute atomic E-state index is 0.136. The van der Waals surface area contributed by atoms with Gasteiger partial charge in [0.15, 0.2) is 0 Å². The van der Waals surface area contributed by atoms with Crippen LogP contribution in [0.2, 0.25) is 0 Å². The van der Waals surface area contributed by atoms with Crippen molar-refractivity contribution in [1.29, 1.82) is 0 Å². The van der Waals surface area contributed by atoms with Crippen molar-refractivity contribution in [3.8, 4) is 5.75 Å². The highest BCUT2D eigenvalue weighted by Gasteiger charge is 2.22. The fourth-order valence-electron chi connectivity index (χ4n) is 3.15. The third-order valence-electron chi connectivity index (χ3n) is 4.34. The molecule has 0 unspecified atom stereocenters. The second kappa shape index (κ2) is 9.07. The van der Waals surface area contributed by atoms with Crippen molar-refractivity contribution in [2.75, 3.05) is 11.4 Å². The van der Waals surface area contributed by atoms with Crippen LogP contribution in [0.4, 0.5) is 14.9 Å². The first kappa shape index (κ1) is 22.4. The van der Waals surface area contributed by atoms with Crippen LogP contribution in [0.25, 0.3) is 0 Å². The lowest BCUT2D eigenvalue weighted by molar-refractivity contribution is -0.115. The molecule has 0 radical (unpaired) electrons. The van der Waals surface area contributed by atoms with E-state index in [4.69, 9.17) is 4.74 Å². The number of rotatable bonds is 6. The molecule has 2 rings (SSSR count). The first-order valence-electron chi connectivity index (χ1n) is 9.64. The number of amides is 3. The Balaban J connectivity index is 2.25. The molecule has 5 nitrogen and oxygen atoms in total. The standard InChI is InChI=1S/C23H29FN2O3/c1-7-26(20-10-8-19(24)9-11-20)22(28)25(15-27)14-18-12-16(2)21(17(3)13-18)29-23(4,5)6/h8-13,15H,7,14H2,1-6H3. The quantitative estimate of drug-likeness (QED) is 0.624. The monoisotopic (exact) mass is 400 g/mol. The van der Waals surface area contributed by atoms with E-state index in [9.17, 15) is 14.0 Å². The molecule has 2 aromatic carbocycles.